The lowest BCUT2D eigenvalue weighted by molar-refractivity contribution is -0.144. The fourth-order valence-electron chi connectivity index (χ4n) is 6.34. The molecule has 178 valence electrons. The van der Waals surface area contributed by atoms with Gasteiger partial charge in [0.1, 0.15) is 5.75 Å². The minimum atomic E-state index is -0.295. The van der Waals surface area contributed by atoms with Gasteiger partial charge in [0, 0.05) is 30.7 Å². The summed E-state index contributed by atoms with van der Waals surface area (Å²) in [6.07, 6.45) is 3.62. The number of methoxy groups -OCH3 is 2. The number of likely N-dealkylation sites (N-methyl/N-ethyl adjacent to an activating group) is 1. The van der Waals surface area contributed by atoms with Crippen molar-refractivity contribution < 1.29 is 14.3 Å². The van der Waals surface area contributed by atoms with Crippen LogP contribution in [-0.2, 0) is 10.2 Å². The first-order valence-electron chi connectivity index (χ1n) is 12.2. The van der Waals surface area contributed by atoms with E-state index in [2.05, 4.69) is 47.6 Å². The maximum atomic E-state index is 13.3. The molecule has 3 aromatic carbocycles. The van der Waals surface area contributed by atoms with E-state index in [1.54, 1.807) is 7.11 Å². The van der Waals surface area contributed by atoms with Crippen LogP contribution >= 0.6 is 0 Å². The van der Waals surface area contributed by atoms with Crippen LogP contribution in [0.25, 0.3) is 10.8 Å². The van der Waals surface area contributed by atoms with E-state index in [0.29, 0.717) is 5.56 Å². The highest BCUT2D eigenvalue weighted by atomic mass is 16.5. The minimum absolute atomic E-state index is 0.00519. The average Bonchev–Trinajstić information content (AvgIpc) is 2.88. The molecule has 5 heteroatoms. The number of piperidine rings is 1. The topological polar surface area (TPSA) is 50.8 Å². The van der Waals surface area contributed by atoms with E-state index >= 15 is 0 Å². The molecule has 1 saturated heterocycles. The molecule has 2 fully saturated rings. The number of hydrogen-bond donors (Lipinski definition) is 1. The van der Waals surface area contributed by atoms with Gasteiger partial charge in [-0.3, -0.25) is 4.79 Å². The van der Waals surface area contributed by atoms with Crippen LogP contribution in [0.2, 0.25) is 0 Å². The summed E-state index contributed by atoms with van der Waals surface area (Å²) in [5, 5.41) is 5.60. The molecular formula is C29H34N2O3. The SMILES string of the molecule is COc1cccc(C23CCN(C)CC2(OC)CCC(NC(=O)c2ccc4ccccc4c2)C3)c1. The first kappa shape index (κ1) is 22.9. The smallest absolute Gasteiger partial charge is 0.251 e. The Balaban J connectivity index is 1.46. The van der Waals surface area contributed by atoms with Crippen LogP contribution in [0.3, 0.4) is 0 Å². The number of hydrogen-bond acceptors (Lipinski definition) is 4. The van der Waals surface area contributed by atoms with E-state index in [0.717, 1.165) is 55.3 Å². The standard InChI is InChI=1S/C29H34N2O3/c1-31-16-15-28(24-9-6-10-26(18-24)33-2)19-25(13-14-29(28,20-31)34-3)30-27(32)23-12-11-21-7-4-5-8-22(21)17-23/h4-12,17-18,25H,13-16,19-20H2,1-3H3,(H,30,32). The maximum absolute atomic E-state index is 13.3. The van der Waals surface area contributed by atoms with Gasteiger partial charge in [-0.15, -0.1) is 0 Å². The van der Waals surface area contributed by atoms with Crippen molar-refractivity contribution in [3.63, 3.8) is 0 Å². The summed E-state index contributed by atoms with van der Waals surface area (Å²) in [6, 6.07) is 22.6. The molecule has 5 rings (SSSR count). The molecule has 2 aliphatic rings. The van der Waals surface area contributed by atoms with Crippen molar-refractivity contribution in [1.82, 2.24) is 10.2 Å². The number of carbonyl (C=O) groups excluding carboxylic acids is 1. The van der Waals surface area contributed by atoms with Crippen molar-refractivity contribution in [2.45, 2.75) is 42.7 Å². The van der Waals surface area contributed by atoms with Gasteiger partial charge in [-0.1, -0.05) is 42.5 Å². The van der Waals surface area contributed by atoms with E-state index in [9.17, 15) is 4.79 Å². The van der Waals surface area contributed by atoms with E-state index in [-0.39, 0.29) is 23.0 Å². The van der Waals surface area contributed by atoms with Crippen LogP contribution in [0, 0.1) is 0 Å². The van der Waals surface area contributed by atoms with Gasteiger partial charge >= 0.3 is 0 Å². The molecule has 3 unspecified atom stereocenters. The third-order valence-corrected chi connectivity index (χ3v) is 8.17. The van der Waals surface area contributed by atoms with Gasteiger partial charge in [-0.05, 0) is 79.9 Å². The number of amides is 1. The van der Waals surface area contributed by atoms with E-state index < -0.39 is 0 Å². The zero-order chi connectivity index (χ0) is 23.8. The van der Waals surface area contributed by atoms with Gasteiger partial charge in [0.2, 0.25) is 0 Å². The van der Waals surface area contributed by atoms with Crippen LogP contribution in [-0.4, -0.2) is 56.8 Å². The van der Waals surface area contributed by atoms with Crippen LogP contribution < -0.4 is 10.1 Å². The number of likely N-dealkylation sites (tertiary alicyclic amines) is 1. The fourth-order valence-corrected chi connectivity index (χ4v) is 6.34. The molecule has 1 saturated carbocycles. The Hall–Kier alpha value is -2.89. The van der Waals surface area contributed by atoms with Crippen LogP contribution in [0.15, 0.2) is 66.7 Å². The summed E-state index contributed by atoms with van der Waals surface area (Å²) >= 11 is 0. The Bertz CT molecular complexity index is 1190. The predicted molar refractivity (Wildman–Crippen MR) is 136 cm³/mol. The number of nitrogens with zero attached hydrogens (tertiary/aromatic N) is 1. The summed E-state index contributed by atoms with van der Waals surface area (Å²) in [4.78, 5) is 15.7. The van der Waals surface area contributed by atoms with Gasteiger partial charge in [0.25, 0.3) is 5.91 Å². The van der Waals surface area contributed by atoms with Gasteiger partial charge < -0.3 is 19.7 Å². The molecule has 3 atom stereocenters. The third kappa shape index (κ3) is 3.87. The number of carbonyl (C=O) groups is 1. The molecule has 0 aromatic heterocycles. The van der Waals surface area contributed by atoms with Crippen molar-refractivity contribution in [3.05, 3.63) is 77.9 Å². The second-order valence-electron chi connectivity index (χ2n) is 9.98. The number of nitrogens with one attached hydrogen (secondary N) is 1. The zero-order valence-corrected chi connectivity index (χ0v) is 20.3. The monoisotopic (exact) mass is 458 g/mol. The largest absolute Gasteiger partial charge is 0.497 e. The molecule has 1 amide bonds. The minimum Gasteiger partial charge on any atom is -0.497 e. The summed E-state index contributed by atoms with van der Waals surface area (Å²) in [5.41, 5.74) is 1.46. The van der Waals surface area contributed by atoms with Crippen molar-refractivity contribution >= 4 is 16.7 Å². The Morgan fingerprint density at radius 1 is 1.00 bits per heavy atom. The van der Waals surface area contributed by atoms with E-state index in [4.69, 9.17) is 9.47 Å². The fraction of sp³-hybridized carbons (Fsp3) is 0.414. The predicted octanol–water partition coefficient (Wildman–Crippen LogP) is 4.79. The summed E-state index contributed by atoms with van der Waals surface area (Å²) < 4.78 is 11.9. The Morgan fingerprint density at radius 2 is 1.82 bits per heavy atom. The highest BCUT2D eigenvalue weighted by Gasteiger charge is 2.58. The number of rotatable bonds is 5. The maximum Gasteiger partial charge on any atom is 0.251 e. The van der Waals surface area contributed by atoms with Crippen molar-refractivity contribution in [3.8, 4) is 5.75 Å². The third-order valence-electron chi connectivity index (χ3n) is 8.17. The average molecular weight is 459 g/mol. The molecule has 3 aromatic rings. The summed E-state index contributed by atoms with van der Waals surface area (Å²) in [7, 11) is 5.73. The molecule has 0 spiro atoms. The zero-order valence-electron chi connectivity index (χ0n) is 20.3. The quantitative estimate of drug-likeness (QED) is 0.597. The molecule has 0 bridgehead atoms. The van der Waals surface area contributed by atoms with Gasteiger partial charge in [-0.25, -0.2) is 0 Å². The highest BCUT2D eigenvalue weighted by molar-refractivity contribution is 5.98. The second kappa shape index (κ2) is 9.05. The molecule has 5 nitrogen and oxygen atoms in total. The number of ether oxygens (including phenoxy) is 2. The molecule has 0 radical (unpaired) electrons. The number of benzene rings is 3. The molecule has 1 aliphatic heterocycles. The van der Waals surface area contributed by atoms with Crippen molar-refractivity contribution in [1.29, 1.82) is 0 Å². The number of fused-ring (bicyclic) bond motifs is 2. The Kier molecular flexibility index (Phi) is 6.09. The van der Waals surface area contributed by atoms with Crippen LogP contribution in [0.5, 0.6) is 5.75 Å². The van der Waals surface area contributed by atoms with E-state index in [1.807, 2.05) is 43.5 Å². The van der Waals surface area contributed by atoms with Crippen LogP contribution in [0.1, 0.15) is 41.6 Å². The first-order chi connectivity index (χ1) is 16.5. The molecular weight excluding hydrogens is 424 g/mol. The molecule has 1 aliphatic carbocycles. The second-order valence-corrected chi connectivity index (χ2v) is 9.98. The van der Waals surface area contributed by atoms with Crippen molar-refractivity contribution in [2.75, 3.05) is 34.4 Å². The Morgan fingerprint density at radius 3 is 2.62 bits per heavy atom. The first-order valence-corrected chi connectivity index (χ1v) is 12.2. The summed E-state index contributed by atoms with van der Waals surface area (Å²) in [6.45, 7) is 1.87. The van der Waals surface area contributed by atoms with Gasteiger partial charge in [-0.2, -0.15) is 0 Å². The van der Waals surface area contributed by atoms with Crippen LogP contribution in [0.4, 0.5) is 0 Å². The Labute approximate surface area is 202 Å². The highest BCUT2D eigenvalue weighted by Crippen LogP contribution is 2.53. The normalized spacial score (nSPS) is 27.2. The molecule has 34 heavy (non-hydrogen) atoms. The summed E-state index contributed by atoms with van der Waals surface area (Å²) in [5.74, 6) is 0.854. The van der Waals surface area contributed by atoms with Crippen molar-refractivity contribution in [2.24, 2.45) is 0 Å². The lowest BCUT2D eigenvalue weighted by Crippen LogP contribution is -2.67. The lowest BCUT2D eigenvalue weighted by Gasteiger charge is -2.59. The van der Waals surface area contributed by atoms with Gasteiger partial charge in [0.05, 0.1) is 12.7 Å². The molecule has 1 heterocycles. The van der Waals surface area contributed by atoms with Gasteiger partial charge in [0.15, 0.2) is 0 Å². The molecule has 1 N–H and O–H groups in total. The van der Waals surface area contributed by atoms with E-state index in [1.165, 1.54) is 5.56 Å². The lowest BCUT2D eigenvalue weighted by atomic mass is 9.55.